The fourth-order valence-corrected chi connectivity index (χ4v) is 2.30. The van der Waals surface area contributed by atoms with Crippen molar-refractivity contribution in [2.24, 2.45) is 5.73 Å². The minimum Gasteiger partial charge on any atom is -0.370 e. The van der Waals surface area contributed by atoms with Gasteiger partial charge in [-0.15, -0.1) is 5.10 Å². The van der Waals surface area contributed by atoms with Gasteiger partial charge in [-0.25, -0.2) is 9.07 Å². The van der Waals surface area contributed by atoms with Gasteiger partial charge < -0.3 is 10.5 Å². The van der Waals surface area contributed by atoms with Crippen LogP contribution in [0.1, 0.15) is 24.6 Å². The van der Waals surface area contributed by atoms with Gasteiger partial charge >= 0.3 is 0 Å². The number of ether oxygens (including phenoxy) is 1. The molecule has 7 heteroatoms. The number of nitrogens with zero attached hydrogens (tertiary/aromatic N) is 3. The van der Waals surface area contributed by atoms with E-state index >= 15 is 0 Å². The van der Waals surface area contributed by atoms with E-state index in [2.05, 4.69) is 10.3 Å². The van der Waals surface area contributed by atoms with Gasteiger partial charge in [-0.1, -0.05) is 16.8 Å². The third-order valence-corrected chi connectivity index (χ3v) is 3.63. The van der Waals surface area contributed by atoms with Crippen molar-refractivity contribution in [1.82, 2.24) is 15.0 Å². The first-order valence-corrected chi connectivity index (χ1v) is 6.76. The second kappa shape index (κ2) is 5.47. The lowest BCUT2D eigenvalue weighted by Crippen LogP contribution is -2.32. The molecule has 3 rings (SSSR count). The topological polar surface area (TPSA) is 66.0 Å². The van der Waals surface area contributed by atoms with Crippen LogP contribution >= 0.6 is 11.6 Å². The van der Waals surface area contributed by atoms with Crippen LogP contribution in [0.5, 0.6) is 0 Å². The molecule has 106 valence electrons. The molecule has 0 aliphatic carbocycles. The largest absolute Gasteiger partial charge is 0.370 e. The molecule has 0 spiro atoms. The first kappa shape index (κ1) is 13.5. The van der Waals surface area contributed by atoms with Gasteiger partial charge in [0.1, 0.15) is 17.6 Å². The van der Waals surface area contributed by atoms with Gasteiger partial charge in [-0.2, -0.15) is 0 Å². The molecule has 0 saturated carbocycles. The molecular weight excluding hydrogens is 283 g/mol. The normalized spacial score (nSPS) is 22.9. The van der Waals surface area contributed by atoms with Crippen LogP contribution in [0.4, 0.5) is 4.39 Å². The Morgan fingerprint density at radius 3 is 2.95 bits per heavy atom. The number of hydrogen-bond acceptors (Lipinski definition) is 4. The Labute approximate surface area is 120 Å². The summed E-state index contributed by atoms with van der Waals surface area (Å²) in [4.78, 5) is 0. The predicted octanol–water partition coefficient (Wildman–Crippen LogP) is 2.24. The zero-order valence-electron chi connectivity index (χ0n) is 10.7. The van der Waals surface area contributed by atoms with Crippen molar-refractivity contribution in [2.75, 3.05) is 6.61 Å². The summed E-state index contributed by atoms with van der Waals surface area (Å²) < 4.78 is 20.6. The minimum atomic E-state index is -0.485. The summed E-state index contributed by atoms with van der Waals surface area (Å²) in [5.41, 5.74) is 7.08. The van der Waals surface area contributed by atoms with Gasteiger partial charge in [0.05, 0.1) is 23.5 Å². The highest BCUT2D eigenvalue weighted by Crippen LogP contribution is 2.26. The molecule has 1 aromatic carbocycles. The van der Waals surface area contributed by atoms with E-state index in [1.807, 2.05) is 0 Å². The Bertz CT molecular complexity index is 610. The van der Waals surface area contributed by atoms with Gasteiger partial charge in [-0.05, 0) is 25.0 Å². The Kier molecular flexibility index (Phi) is 3.69. The van der Waals surface area contributed by atoms with Crippen LogP contribution in [0.15, 0.2) is 24.4 Å². The van der Waals surface area contributed by atoms with E-state index in [0.717, 1.165) is 18.5 Å². The summed E-state index contributed by atoms with van der Waals surface area (Å²) in [5, 5.41) is 8.16. The van der Waals surface area contributed by atoms with E-state index in [-0.39, 0.29) is 17.2 Å². The molecule has 20 heavy (non-hydrogen) atoms. The number of halogens is 2. The van der Waals surface area contributed by atoms with Gasteiger partial charge in [0.15, 0.2) is 0 Å². The van der Waals surface area contributed by atoms with E-state index in [1.54, 1.807) is 12.3 Å². The number of nitrogens with two attached hydrogens (primary N) is 1. The SMILES string of the molecule is N[C@@H]1CC[C@@H](c2cn(-c3ccc(Cl)c(F)c3)nn2)OC1. The van der Waals surface area contributed by atoms with Gasteiger partial charge in [0, 0.05) is 12.1 Å². The average molecular weight is 297 g/mol. The Hall–Kier alpha value is -1.50. The maximum Gasteiger partial charge on any atom is 0.143 e. The highest BCUT2D eigenvalue weighted by atomic mass is 35.5. The van der Waals surface area contributed by atoms with Crippen LogP contribution in [-0.2, 0) is 4.74 Å². The molecule has 1 fully saturated rings. The van der Waals surface area contributed by atoms with Crippen molar-refractivity contribution >= 4 is 11.6 Å². The third kappa shape index (κ3) is 2.67. The van der Waals surface area contributed by atoms with Crippen LogP contribution in [-0.4, -0.2) is 27.6 Å². The Morgan fingerprint density at radius 2 is 2.25 bits per heavy atom. The molecule has 1 saturated heterocycles. The molecule has 1 aromatic heterocycles. The second-order valence-corrected chi connectivity index (χ2v) is 5.25. The van der Waals surface area contributed by atoms with Crippen LogP contribution in [0.2, 0.25) is 5.02 Å². The molecular formula is C13H14ClFN4O. The van der Waals surface area contributed by atoms with Crippen LogP contribution in [0.3, 0.4) is 0 Å². The summed E-state index contributed by atoms with van der Waals surface area (Å²) in [6.07, 6.45) is 3.35. The minimum absolute atomic E-state index is 0.0821. The Balaban J connectivity index is 1.81. The van der Waals surface area contributed by atoms with Gasteiger partial charge in [0.25, 0.3) is 0 Å². The van der Waals surface area contributed by atoms with E-state index in [9.17, 15) is 4.39 Å². The lowest BCUT2D eigenvalue weighted by Gasteiger charge is -2.24. The molecule has 0 radical (unpaired) electrons. The standard InChI is InChI=1S/C13H14ClFN4O/c14-10-3-2-9(5-11(10)15)19-6-12(17-18-19)13-4-1-8(16)7-20-13/h2-3,5-6,8,13H,1,4,7,16H2/t8-,13+/m1/s1. The highest BCUT2D eigenvalue weighted by Gasteiger charge is 2.23. The molecule has 2 N–H and O–H groups in total. The third-order valence-electron chi connectivity index (χ3n) is 3.32. The zero-order valence-corrected chi connectivity index (χ0v) is 11.4. The second-order valence-electron chi connectivity index (χ2n) is 4.85. The lowest BCUT2D eigenvalue weighted by atomic mass is 10.0. The smallest absolute Gasteiger partial charge is 0.143 e. The van der Waals surface area contributed by atoms with Gasteiger partial charge in [-0.3, -0.25) is 0 Å². The maximum absolute atomic E-state index is 13.4. The molecule has 2 atom stereocenters. The highest BCUT2D eigenvalue weighted by molar-refractivity contribution is 6.30. The molecule has 1 aliphatic heterocycles. The van der Waals surface area contributed by atoms with Crippen LogP contribution in [0, 0.1) is 5.82 Å². The fourth-order valence-electron chi connectivity index (χ4n) is 2.18. The molecule has 2 aromatic rings. The van der Waals surface area contributed by atoms with Crippen molar-refractivity contribution < 1.29 is 9.13 Å². The quantitative estimate of drug-likeness (QED) is 0.923. The molecule has 0 amide bonds. The number of benzene rings is 1. The summed E-state index contributed by atoms with van der Waals surface area (Å²) >= 11 is 5.66. The van der Waals surface area contributed by atoms with Crippen molar-refractivity contribution in [1.29, 1.82) is 0 Å². The molecule has 0 bridgehead atoms. The number of aromatic nitrogens is 3. The van der Waals surface area contributed by atoms with E-state index < -0.39 is 5.82 Å². The molecule has 5 nitrogen and oxygen atoms in total. The average Bonchev–Trinajstić information content (AvgIpc) is 2.92. The lowest BCUT2D eigenvalue weighted by molar-refractivity contribution is 0.00157. The van der Waals surface area contributed by atoms with Gasteiger partial charge in [0.2, 0.25) is 0 Å². The van der Waals surface area contributed by atoms with E-state index in [1.165, 1.54) is 16.8 Å². The van der Waals surface area contributed by atoms with Crippen molar-refractivity contribution in [2.45, 2.75) is 25.0 Å². The summed E-state index contributed by atoms with van der Waals surface area (Å²) in [5.74, 6) is -0.485. The van der Waals surface area contributed by atoms with Crippen LogP contribution < -0.4 is 5.73 Å². The monoisotopic (exact) mass is 296 g/mol. The van der Waals surface area contributed by atoms with E-state index in [4.69, 9.17) is 22.1 Å². The number of rotatable bonds is 2. The number of hydrogen-bond donors (Lipinski definition) is 1. The summed E-state index contributed by atoms with van der Waals surface area (Å²) in [6, 6.07) is 4.58. The van der Waals surface area contributed by atoms with Crippen LogP contribution in [0.25, 0.3) is 5.69 Å². The molecule has 2 heterocycles. The molecule has 1 aliphatic rings. The van der Waals surface area contributed by atoms with Crippen molar-refractivity contribution in [3.63, 3.8) is 0 Å². The predicted molar refractivity (Wildman–Crippen MR) is 72.2 cm³/mol. The van der Waals surface area contributed by atoms with Crippen molar-refractivity contribution in [3.8, 4) is 5.69 Å². The maximum atomic E-state index is 13.4. The summed E-state index contributed by atoms with van der Waals surface area (Å²) in [7, 11) is 0. The zero-order chi connectivity index (χ0) is 14.1. The van der Waals surface area contributed by atoms with E-state index in [0.29, 0.717) is 12.3 Å². The Morgan fingerprint density at radius 1 is 1.40 bits per heavy atom. The molecule has 0 unspecified atom stereocenters. The van der Waals surface area contributed by atoms with Crippen molar-refractivity contribution in [3.05, 3.63) is 40.9 Å². The summed E-state index contributed by atoms with van der Waals surface area (Å²) in [6.45, 7) is 0.521. The first-order chi connectivity index (χ1) is 9.63. The fraction of sp³-hybridized carbons (Fsp3) is 0.385. The first-order valence-electron chi connectivity index (χ1n) is 6.38.